The third-order valence-corrected chi connectivity index (χ3v) is 1.60. The van der Waals surface area contributed by atoms with Gasteiger partial charge in [-0.1, -0.05) is 0 Å². The molecule has 1 saturated heterocycles. The van der Waals surface area contributed by atoms with Gasteiger partial charge in [0.2, 0.25) is 0 Å². The van der Waals surface area contributed by atoms with Crippen LogP contribution in [0.1, 0.15) is 12.8 Å². The molecule has 1 heterocycles. The Balaban J connectivity index is 0.000000255. The standard InChI is InChI=1S/C5H10N2O.C2H2O4/c6-5(8)7-3-1-2-4-7;3-1(4)2(5)6/h1-4H2,(H2,6,8);(H,3,4)(H,5,6). The van der Waals surface area contributed by atoms with Gasteiger partial charge in [0, 0.05) is 13.1 Å². The van der Waals surface area contributed by atoms with Gasteiger partial charge in [-0.15, -0.1) is 0 Å². The topological polar surface area (TPSA) is 121 Å². The maximum atomic E-state index is 10.3. The molecule has 80 valence electrons. The third kappa shape index (κ3) is 4.96. The molecule has 0 atom stereocenters. The first-order valence-corrected chi connectivity index (χ1v) is 3.95. The minimum Gasteiger partial charge on any atom is -0.473 e. The van der Waals surface area contributed by atoms with Gasteiger partial charge in [-0.2, -0.15) is 0 Å². The van der Waals surface area contributed by atoms with E-state index in [1.165, 1.54) is 0 Å². The van der Waals surface area contributed by atoms with E-state index >= 15 is 0 Å². The van der Waals surface area contributed by atoms with E-state index in [4.69, 9.17) is 25.5 Å². The zero-order valence-electron chi connectivity index (χ0n) is 7.47. The number of carbonyl (C=O) groups excluding carboxylic acids is 1. The highest BCUT2D eigenvalue weighted by molar-refractivity contribution is 6.27. The van der Waals surface area contributed by atoms with Crippen LogP contribution in [0.5, 0.6) is 0 Å². The average molecular weight is 204 g/mol. The maximum absolute atomic E-state index is 10.3. The average Bonchev–Trinajstić information content (AvgIpc) is 2.56. The van der Waals surface area contributed by atoms with E-state index in [-0.39, 0.29) is 6.03 Å². The molecule has 2 amide bonds. The minimum absolute atomic E-state index is 0.275. The molecule has 7 nitrogen and oxygen atoms in total. The van der Waals surface area contributed by atoms with E-state index in [1.807, 2.05) is 0 Å². The molecule has 0 saturated carbocycles. The second-order valence-electron chi connectivity index (χ2n) is 2.64. The number of nitrogens with two attached hydrogens (primary N) is 1. The Bertz CT molecular complexity index is 222. The molecule has 0 aromatic heterocycles. The second kappa shape index (κ2) is 5.79. The van der Waals surface area contributed by atoms with Gasteiger partial charge in [0.05, 0.1) is 0 Å². The number of rotatable bonds is 0. The van der Waals surface area contributed by atoms with Gasteiger partial charge in [-0.25, -0.2) is 14.4 Å². The number of hydrogen-bond donors (Lipinski definition) is 3. The van der Waals surface area contributed by atoms with Crippen LogP contribution in [0.4, 0.5) is 4.79 Å². The number of carboxylic acid groups (broad SMARTS) is 2. The molecular formula is C7H12N2O5. The zero-order valence-corrected chi connectivity index (χ0v) is 7.47. The molecule has 0 bridgehead atoms. The highest BCUT2D eigenvalue weighted by atomic mass is 16.4. The lowest BCUT2D eigenvalue weighted by Gasteiger charge is -2.09. The monoisotopic (exact) mass is 204 g/mol. The predicted octanol–water partition coefficient (Wildman–Crippen LogP) is -0.683. The molecule has 0 aromatic rings. The van der Waals surface area contributed by atoms with Crippen LogP contribution in [0.15, 0.2) is 0 Å². The van der Waals surface area contributed by atoms with E-state index in [0.717, 1.165) is 25.9 Å². The van der Waals surface area contributed by atoms with Crippen LogP contribution in [0.25, 0.3) is 0 Å². The van der Waals surface area contributed by atoms with Crippen LogP contribution < -0.4 is 5.73 Å². The molecule has 4 N–H and O–H groups in total. The lowest BCUT2D eigenvalue weighted by atomic mass is 10.4. The Hall–Kier alpha value is -1.79. The Kier molecular flexibility index (Phi) is 5.05. The molecule has 1 aliphatic heterocycles. The first kappa shape index (κ1) is 12.2. The van der Waals surface area contributed by atoms with Crippen molar-refractivity contribution in [2.45, 2.75) is 12.8 Å². The summed E-state index contributed by atoms with van der Waals surface area (Å²) in [5, 5.41) is 14.8. The smallest absolute Gasteiger partial charge is 0.414 e. The quantitative estimate of drug-likeness (QED) is 0.451. The van der Waals surface area contributed by atoms with Gasteiger partial charge < -0.3 is 20.8 Å². The van der Waals surface area contributed by atoms with E-state index in [0.29, 0.717) is 0 Å². The summed E-state index contributed by atoms with van der Waals surface area (Å²) in [6.07, 6.45) is 2.23. The van der Waals surface area contributed by atoms with Crippen LogP contribution in [0, 0.1) is 0 Å². The van der Waals surface area contributed by atoms with Crippen LogP contribution >= 0.6 is 0 Å². The van der Waals surface area contributed by atoms with Crippen molar-refractivity contribution in [3.8, 4) is 0 Å². The Labute approximate surface area is 80.1 Å². The molecular weight excluding hydrogens is 192 g/mol. The molecule has 0 radical (unpaired) electrons. The van der Waals surface area contributed by atoms with Crippen molar-refractivity contribution in [1.82, 2.24) is 4.90 Å². The molecule has 0 aliphatic carbocycles. The summed E-state index contributed by atoms with van der Waals surface area (Å²) in [6.45, 7) is 1.71. The number of carboxylic acids is 2. The molecule has 0 spiro atoms. The lowest BCUT2D eigenvalue weighted by molar-refractivity contribution is -0.159. The second-order valence-corrected chi connectivity index (χ2v) is 2.64. The van der Waals surface area contributed by atoms with Crippen molar-refractivity contribution in [1.29, 1.82) is 0 Å². The number of likely N-dealkylation sites (tertiary alicyclic amines) is 1. The van der Waals surface area contributed by atoms with Gasteiger partial charge in [0.1, 0.15) is 0 Å². The largest absolute Gasteiger partial charge is 0.473 e. The van der Waals surface area contributed by atoms with Gasteiger partial charge in [-0.3, -0.25) is 0 Å². The van der Waals surface area contributed by atoms with E-state index in [9.17, 15) is 4.79 Å². The normalized spacial score (nSPS) is 14.1. The number of nitrogens with zero attached hydrogens (tertiary/aromatic N) is 1. The lowest BCUT2D eigenvalue weighted by Crippen LogP contribution is -2.32. The summed E-state index contributed by atoms with van der Waals surface area (Å²) >= 11 is 0. The first-order chi connectivity index (χ1) is 6.45. The molecule has 1 fully saturated rings. The third-order valence-electron chi connectivity index (χ3n) is 1.60. The molecule has 0 unspecified atom stereocenters. The molecule has 1 aliphatic rings. The first-order valence-electron chi connectivity index (χ1n) is 3.95. The molecule has 0 aromatic carbocycles. The SMILES string of the molecule is NC(=O)N1CCCC1.O=C(O)C(=O)O. The number of hydrogen-bond acceptors (Lipinski definition) is 3. The molecule has 14 heavy (non-hydrogen) atoms. The van der Waals surface area contributed by atoms with E-state index < -0.39 is 11.9 Å². The Morgan fingerprint density at radius 1 is 1.00 bits per heavy atom. The van der Waals surface area contributed by atoms with E-state index in [2.05, 4.69) is 0 Å². The van der Waals surface area contributed by atoms with Crippen LogP contribution in [-0.2, 0) is 9.59 Å². The Morgan fingerprint density at radius 3 is 1.50 bits per heavy atom. The van der Waals surface area contributed by atoms with Crippen molar-refractivity contribution in [3.63, 3.8) is 0 Å². The summed E-state index contributed by atoms with van der Waals surface area (Å²) in [5.74, 6) is -3.65. The van der Waals surface area contributed by atoms with Gasteiger partial charge in [0.25, 0.3) is 0 Å². The van der Waals surface area contributed by atoms with Crippen LogP contribution in [0.2, 0.25) is 0 Å². The van der Waals surface area contributed by atoms with Crippen molar-refractivity contribution < 1.29 is 24.6 Å². The summed E-state index contributed by atoms with van der Waals surface area (Å²) < 4.78 is 0. The predicted molar refractivity (Wildman–Crippen MR) is 45.7 cm³/mol. The minimum atomic E-state index is -1.82. The highest BCUT2D eigenvalue weighted by Gasteiger charge is 2.13. The molecule has 1 rings (SSSR count). The van der Waals surface area contributed by atoms with Gasteiger partial charge >= 0.3 is 18.0 Å². The highest BCUT2D eigenvalue weighted by Crippen LogP contribution is 2.05. The molecule has 7 heteroatoms. The van der Waals surface area contributed by atoms with Gasteiger partial charge in [-0.05, 0) is 12.8 Å². The summed E-state index contributed by atoms with van der Waals surface area (Å²) in [4.78, 5) is 30.2. The van der Waals surface area contributed by atoms with Crippen molar-refractivity contribution in [3.05, 3.63) is 0 Å². The number of urea groups is 1. The van der Waals surface area contributed by atoms with Crippen LogP contribution in [-0.4, -0.2) is 46.2 Å². The van der Waals surface area contributed by atoms with Crippen molar-refractivity contribution in [2.75, 3.05) is 13.1 Å². The van der Waals surface area contributed by atoms with Crippen molar-refractivity contribution >= 4 is 18.0 Å². The number of amides is 2. The number of aliphatic carboxylic acids is 2. The summed E-state index contributed by atoms with van der Waals surface area (Å²) in [5.41, 5.74) is 4.98. The summed E-state index contributed by atoms with van der Waals surface area (Å²) in [6, 6.07) is -0.275. The maximum Gasteiger partial charge on any atom is 0.414 e. The van der Waals surface area contributed by atoms with Crippen LogP contribution in [0.3, 0.4) is 0 Å². The van der Waals surface area contributed by atoms with Crippen molar-refractivity contribution in [2.24, 2.45) is 5.73 Å². The van der Waals surface area contributed by atoms with Gasteiger partial charge in [0.15, 0.2) is 0 Å². The Morgan fingerprint density at radius 2 is 1.36 bits per heavy atom. The number of primary amides is 1. The fourth-order valence-electron chi connectivity index (χ4n) is 0.938. The zero-order chi connectivity index (χ0) is 11.1. The fraction of sp³-hybridized carbons (Fsp3) is 0.571. The van der Waals surface area contributed by atoms with E-state index in [1.54, 1.807) is 4.90 Å². The number of carbonyl (C=O) groups is 3. The summed E-state index contributed by atoms with van der Waals surface area (Å²) in [7, 11) is 0. The fourth-order valence-corrected chi connectivity index (χ4v) is 0.938.